The first-order valence-electron chi connectivity index (χ1n) is 5.11. The van der Waals surface area contributed by atoms with Crippen molar-refractivity contribution in [2.24, 2.45) is 0 Å². The van der Waals surface area contributed by atoms with Crippen LogP contribution in [-0.4, -0.2) is 21.9 Å². The number of hydrogen-bond acceptors (Lipinski definition) is 4. The molecule has 0 aliphatic carbocycles. The number of nitrogens with one attached hydrogen (secondary N) is 2. The van der Waals surface area contributed by atoms with Crippen LogP contribution in [0.1, 0.15) is 11.3 Å². The third kappa shape index (κ3) is 1.73. The van der Waals surface area contributed by atoms with Gasteiger partial charge in [0, 0.05) is 6.42 Å². The van der Waals surface area contributed by atoms with Crippen LogP contribution in [0.2, 0.25) is 0 Å². The fourth-order valence-electron chi connectivity index (χ4n) is 1.79. The first kappa shape index (κ1) is 9.83. The van der Waals surface area contributed by atoms with Crippen molar-refractivity contribution in [1.29, 1.82) is 0 Å². The molecule has 1 aromatic heterocycles. The Kier molecular flexibility index (Phi) is 2.07. The zero-order chi connectivity index (χ0) is 11.8. The van der Waals surface area contributed by atoms with Gasteiger partial charge < -0.3 is 19.6 Å². The first-order valence-corrected chi connectivity index (χ1v) is 5.11. The van der Waals surface area contributed by atoms with Crippen LogP contribution in [-0.2, 0) is 6.42 Å². The third-order valence-corrected chi connectivity index (χ3v) is 2.60. The fourth-order valence-corrected chi connectivity index (χ4v) is 1.79. The highest BCUT2D eigenvalue weighted by atomic mass is 16.7. The lowest BCUT2D eigenvalue weighted by molar-refractivity contribution is 0.174. The number of hydrogen-bond donors (Lipinski definition) is 3. The standard InChI is InChI=1S/C11H10N2O4/c14-10-7(12-11(15)13-10)3-6-1-2-8-9(4-6)17-5-16-8/h1-2,4,14H,3,5H2,(H2,12,13,15). The van der Waals surface area contributed by atoms with Gasteiger partial charge in [0.15, 0.2) is 11.5 Å². The normalized spacial score (nSPS) is 12.9. The van der Waals surface area contributed by atoms with E-state index in [1.807, 2.05) is 12.1 Å². The summed E-state index contributed by atoms with van der Waals surface area (Å²) in [5.74, 6) is 1.26. The average Bonchev–Trinajstić information content (AvgIpc) is 2.85. The summed E-state index contributed by atoms with van der Waals surface area (Å²) in [6.45, 7) is 0.227. The van der Waals surface area contributed by atoms with Crippen molar-refractivity contribution < 1.29 is 14.6 Å². The van der Waals surface area contributed by atoms with Crippen LogP contribution in [0.25, 0.3) is 0 Å². The summed E-state index contributed by atoms with van der Waals surface area (Å²) in [4.78, 5) is 15.8. The summed E-state index contributed by atoms with van der Waals surface area (Å²) < 4.78 is 10.4. The van der Waals surface area contributed by atoms with E-state index in [1.165, 1.54) is 0 Å². The van der Waals surface area contributed by atoms with E-state index in [4.69, 9.17) is 9.47 Å². The lowest BCUT2D eigenvalue weighted by Gasteiger charge is -2.01. The highest BCUT2D eigenvalue weighted by molar-refractivity contribution is 5.45. The molecule has 3 rings (SSSR count). The molecule has 3 N–H and O–H groups in total. The molecule has 0 spiro atoms. The van der Waals surface area contributed by atoms with E-state index < -0.39 is 5.69 Å². The molecule has 0 radical (unpaired) electrons. The molecule has 88 valence electrons. The highest BCUT2D eigenvalue weighted by Crippen LogP contribution is 2.33. The van der Waals surface area contributed by atoms with Gasteiger partial charge in [-0.25, -0.2) is 4.79 Å². The molecule has 0 fully saturated rings. The maximum Gasteiger partial charge on any atom is 0.325 e. The van der Waals surface area contributed by atoms with Gasteiger partial charge in [0.25, 0.3) is 0 Å². The molecule has 0 amide bonds. The largest absolute Gasteiger partial charge is 0.493 e. The minimum atomic E-state index is -0.418. The molecule has 1 aliphatic heterocycles. The van der Waals surface area contributed by atoms with E-state index >= 15 is 0 Å². The van der Waals surface area contributed by atoms with Crippen LogP contribution in [0, 0.1) is 0 Å². The molecule has 0 atom stereocenters. The second kappa shape index (κ2) is 3.58. The minimum absolute atomic E-state index is 0.132. The Morgan fingerprint density at radius 1 is 1.24 bits per heavy atom. The summed E-state index contributed by atoms with van der Waals surface area (Å²) in [5, 5.41) is 9.44. The Morgan fingerprint density at radius 3 is 2.82 bits per heavy atom. The van der Waals surface area contributed by atoms with E-state index in [9.17, 15) is 9.90 Å². The van der Waals surface area contributed by atoms with Gasteiger partial charge >= 0.3 is 5.69 Å². The smallest absolute Gasteiger partial charge is 0.325 e. The van der Waals surface area contributed by atoms with E-state index in [0.29, 0.717) is 23.6 Å². The van der Waals surface area contributed by atoms with Gasteiger partial charge in [-0.1, -0.05) is 6.07 Å². The van der Waals surface area contributed by atoms with Crippen molar-refractivity contribution in [1.82, 2.24) is 9.97 Å². The summed E-state index contributed by atoms with van der Waals surface area (Å²) >= 11 is 0. The molecule has 6 nitrogen and oxygen atoms in total. The summed E-state index contributed by atoms with van der Waals surface area (Å²) in [6, 6.07) is 5.49. The first-order chi connectivity index (χ1) is 8.22. The molecule has 1 aromatic carbocycles. The molecule has 0 bridgehead atoms. The lowest BCUT2D eigenvalue weighted by atomic mass is 10.1. The number of aromatic nitrogens is 2. The van der Waals surface area contributed by atoms with Gasteiger partial charge in [-0.3, -0.25) is 4.98 Å². The molecular formula is C11H10N2O4. The van der Waals surface area contributed by atoms with E-state index in [2.05, 4.69) is 9.97 Å². The number of aromatic hydroxyl groups is 1. The van der Waals surface area contributed by atoms with Gasteiger partial charge in [-0.15, -0.1) is 0 Å². The minimum Gasteiger partial charge on any atom is -0.493 e. The van der Waals surface area contributed by atoms with Crippen LogP contribution >= 0.6 is 0 Å². The van der Waals surface area contributed by atoms with Crippen LogP contribution in [0.5, 0.6) is 17.4 Å². The van der Waals surface area contributed by atoms with Crippen molar-refractivity contribution in [2.75, 3.05) is 6.79 Å². The molecule has 6 heteroatoms. The summed E-state index contributed by atoms with van der Waals surface area (Å²) in [7, 11) is 0. The number of fused-ring (bicyclic) bond motifs is 1. The number of H-pyrrole nitrogens is 2. The SMILES string of the molecule is O=c1[nH]c(O)c(Cc2ccc3c(c2)OCO3)[nH]1. The quantitative estimate of drug-likeness (QED) is 0.714. The van der Waals surface area contributed by atoms with E-state index in [0.717, 1.165) is 5.56 Å². The Hall–Kier alpha value is -2.37. The topological polar surface area (TPSA) is 87.3 Å². The van der Waals surface area contributed by atoms with E-state index in [-0.39, 0.29) is 12.7 Å². The van der Waals surface area contributed by atoms with Gasteiger partial charge in [0.2, 0.25) is 12.7 Å². The lowest BCUT2D eigenvalue weighted by Crippen LogP contribution is -2.01. The number of benzene rings is 1. The maximum atomic E-state index is 11.0. The van der Waals surface area contributed by atoms with Gasteiger partial charge in [0.05, 0.1) is 5.69 Å². The predicted molar refractivity (Wildman–Crippen MR) is 58.4 cm³/mol. The fraction of sp³-hybridized carbons (Fsp3) is 0.182. The van der Waals surface area contributed by atoms with Crippen LogP contribution in [0.4, 0.5) is 0 Å². The Morgan fingerprint density at radius 2 is 2.06 bits per heavy atom. The third-order valence-electron chi connectivity index (χ3n) is 2.60. The molecule has 0 saturated carbocycles. The number of rotatable bonds is 2. The highest BCUT2D eigenvalue weighted by Gasteiger charge is 2.14. The molecule has 2 aromatic rings. The van der Waals surface area contributed by atoms with Gasteiger partial charge in [-0.05, 0) is 17.7 Å². The molecule has 0 unspecified atom stereocenters. The maximum absolute atomic E-state index is 11.0. The zero-order valence-electron chi connectivity index (χ0n) is 8.82. The van der Waals surface area contributed by atoms with Gasteiger partial charge in [0.1, 0.15) is 0 Å². The number of aromatic amines is 2. The van der Waals surface area contributed by atoms with Crippen molar-refractivity contribution >= 4 is 0 Å². The second-order valence-corrected chi connectivity index (χ2v) is 3.77. The van der Waals surface area contributed by atoms with Gasteiger partial charge in [-0.2, -0.15) is 0 Å². The summed E-state index contributed by atoms with van der Waals surface area (Å²) in [6.07, 6.45) is 0.418. The van der Waals surface area contributed by atoms with Crippen molar-refractivity contribution in [3.8, 4) is 17.4 Å². The number of ether oxygens (including phenoxy) is 2. The summed E-state index contributed by atoms with van der Waals surface area (Å²) in [5.41, 5.74) is 0.951. The molecular weight excluding hydrogens is 224 g/mol. The Bertz CT molecular complexity index is 614. The average molecular weight is 234 g/mol. The van der Waals surface area contributed by atoms with Crippen molar-refractivity contribution in [3.63, 3.8) is 0 Å². The molecule has 1 aliphatic rings. The predicted octanol–water partition coefficient (Wildman–Crippen LogP) is 0.728. The zero-order valence-corrected chi connectivity index (χ0v) is 8.82. The second-order valence-electron chi connectivity index (χ2n) is 3.77. The Balaban J connectivity index is 1.91. The van der Waals surface area contributed by atoms with Crippen molar-refractivity contribution in [3.05, 3.63) is 39.9 Å². The molecule has 0 saturated heterocycles. The molecule has 2 heterocycles. The monoisotopic (exact) mass is 234 g/mol. The van der Waals surface area contributed by atoms with E-state index in [1.54, 1.807) is 6.07 Å². The molecule has 17 heavy (non-hydrogen) atoms. The van der Waals surface area contributed by atoms with Crippen molar-refractivity contribution in [2.45, 2.75) is 6.42 Å². The van der Waals surface area contributed by atoms with Crippen LogP contribution in [0.3, 0.4) is 0 Å². The number of imidazole rings is 1. The van der Waals surface area contributed by atoms with Crippen LogP contribution < -0.4 is 15.2 Å². The Labute approximate surface area is 95.8 Å². The van der Waals surface area contributed by atoms with Crippen LogP contribution in [0.15, 0.2) is 23.0 Å².